The van der Waals surface area contributed by atoms with Gasteiger partial charge in [0.1, 0.15) is 17.1 Å². The predicted octanol–water partition coefficient (Wildman–Crippen LogP) is 3.79. The minimum Gasteiger partial charge on any atom is -0.472 e. The third-order valence-electron chi connectivity index (χ3n) is 3.99. The molecule has 1 aromatic carbocycles. The van der Waals surface area contributed by atoms with Crippen LogP contribution in [0.15, 0.2) is 24.3 Å². The van der Waals surface area contributed by atoms with Gasteiger partial charge in [0.2, 0.25) is 5.88 Å². The van der Waals surface area contributed by atoms with E-state index in [-0.39, 0.29) is 23.7 Å². The van der Waals surface area contributed by atoms with E-state index in [9.17, 15) is 9.50 Å². The highest BCUT2D eigenvalue weighted by Crippen LogP contribution is 2.37. The molecule has 1 aromatic heterocycles. The second-order valence-electron chi connectivity index (χ2n) is 5.41. The van der Waals surface area contributed by atoms with Gasteiger partial charge < -0.3 is 9.84 Å². The summed E-state index contributed by atoms with van der Waals surface area (Å²) in [5.41, 5.74) is 3.01. The summed E-state index contributed by atoms with van der Waals surface area (Å²) >= 11 is 6.06. The van der Waals surface area contributed by atoms with Gasteiger partial charge in [-0.05, 0) is 42.5 Å². The summed E-state index contributed by atoms with van der Waals surface area (Å²) < 4.78 is 20.1. The van der Waals surface area contributed by atoms with Gasteiger partial charge in [0, 0.05) is 11.1 Å². The monoisotopic (exact) mass is 321 g/mol. The van der Waals surface area contributed by atoms with E-state index in [1.54, 1.807) is 18.2 Å². The van der Waals surface area contributed by atoms with E-state index in [4.69, 9.17) is 16.3 Å². The van der Waals surface area contributed by atoms with Crippen LogP contribution >= 0.6 is 11.6 Å². The number of halogens is 2. The summed E-state index contributed by atoms with van der Waals surface area (Å²) in [4.78, 5) is 4.17. The molecule has 1 N–H and O–H groups in total. The quantitative estimate of drug-likeness (QED) is 0.875. The molecule has 0 amide bonds. The number of hydrogen-bond acceptors (Lipinski definition) is 3. The molecule has 3 nitrogen and oxygen atoms in total. The standard InChI is InChI=1S/C17H17ClFNO2/c1-2-10-3-5-12(15(19)7-10)14-8-16(18)20-17-13(14)6-4-11(9-21)22-17/h3,5,7-8,11,21H,2,4,6,9H2,1H3. The number of fused-ring (bicyclic) bond motifs is 1. The Bertz CT molecular complexity index is 705. The first kappa shape index (κ1) is 15.3. The van der Waals surface area contributed by atoms with E-state index < -0.39 is 0 Å². The van der Waals surface area contributed by atoms with Crippen LogP contribution in [0.25, 0.3) is 11.1 Å². The summed E-state index contributed by atoms with van der Waals surface area (Å²) in [6.07, 6.45) is 1.86. The topological polar surface area (TPSA) is 42.4 Å². The Morgan fingerprint density at radius 1 is 1.36 bits per heavy atom. The molecule has 0 radical (unpaired) electrons. The zero-order chi connectivity index (χ0) is 15.7. The molecule has 116 valence electrons. The van der Waals surface area contributed by atoms with E-state index in [0.29, 0.717) is 29.8 Å². The fourth-order valence-corrected chi connectivity index (χ4v) is 2.93. The number of aromatic nitrogens is 1. The van der Waals surface area contributed by atoms with E-state index in [2.05, 4.69) is 4.98 Å². The molecule has 1 aliphatic heterocycles. The SMILES string of the molecule is CCc1ccc(-c2cc(Cl)nc3c2CCC(CO)O3)c(F)c1. The number of nitrogens with zero attached hydrogens (tertiary/aromatic N) is 1. The van der Waals surface area contributed by atoms with Crippen molar-refractivity contribution in [2.75, 3.05) is 6.61 Å². The molecule has 2 heterocycles. The zero-order valence-corrected chi connectivity index (χ0v) is 13.0. The minimum absolute atomic E-state index is 0.0669. The summed E-state index contributed by atoms with van der Waals surface area (Å²) in [6, 6.07) is 6.92. The molecule has 22 heavy (non-hydrogen) atoms. The van der Waals surface area contributed by atoms with Crippen LogP contribution in [0.1, 0.15) is 24.5 Å². The lowest BCUT2D eigenvalue weighted by atomic mass is 9.94. The molecule has 0 spiro atoms. The number of rotatable bonds is 3. The van der Waals surface area contributed by atoms with Crippen LogP contribution in [0.5, 0.6) is 5.88 Å². The number of aryl methyl sites for hydroxylation is 1. The van der Waals surface area contributed by atoms with Crippen LogP contribution in [0, 0.1) is 5.82 Å². The Labute approximate surface area is 133 Å². The van der Waals surface area contributed by atoms with E-state index >= 15 is 0 Å². The van der Waals surface area contributed by atoms with Crippen molar-refractivity contribution >= 4 is 11.6 Å². The molecule has 3 rings (SSSR count). The number of aliphatic hydroxyl groups excluding tert-OH is 1. The van der Waals surface area contributed by atoms with Crippen LogP contribution in [0.2, 0.25) is 5.15 Å². The number of pyridine rings is 1. The summed E-state index contributed by atoms with van der Waals surface area (Å²) in [5.74, 6) is 0.125. The molecule has 0 bridgehead atoms. The van der Waals surface area contributed by atoms with Crippen molar-refractivity contribution in [3.8, 4) is 17.0 Å². The lowest BCUT2D eigenvalue weighted by molar-refractivity contribution is 0.0932. The van der Waals surface area contributed by atoms with Gasteiger partial charge in [-0.15, -0.1) is 0 Å². The molecule has 0 saturated heterocycles. The van der Waals surface area contributed by atoms with Crippen LogP contribution in [0.4, 0.5) is 4.39 Å². The number of aliphatic hydroxyl groups is 1. The van der Waals surface area contributed by atoms with Crippen LogP contribution in [0.3, 0.4) is 0 Å². The number of benzene rings is 1. The maximum Gasteiger partial charge on any atom is 0.218 e. The fraction of sp³-hybridized carbons (Fsp3) is 0.353. The normalized spacial score (nSPS) is 17.0. The smallest absolute Gasteiger partial charge is 0.218 e. The summed E-state index contributed by atoms with van der Waals surface area (Å²) in [6.45, 7) is 1.92. The Morgan fingerprint density at radius 2 is 2.18 bits per heavy atom. The first-order chi connectivity index (χ1) is 10.6. The van der Waals surface area contributed by atoms with Crippen molar-refractivity contribution in [2.24, 2.45) is 0 Å². The molecule has 1 aliphatic rings. The third-order valence-corrected chi connectivity index (χ3v) is 4.18. The third kappa shape index (κ3) is 2.81. The molecule has 1 atom stereocenters. The van der Waals surface area contributed by atoms with Crippen molar-refractivity contribution in [1.82, 2.24) is 4.98 Å². The van der Waals surface area contributed by atoms with Gasteiger partial charge in [-0.3, -0.25) is 0 Å². The van der Waals surface area contributed by atoms with Gasteiger partial charge in [0.15, 0.2) is 0 Å². The lowest BCUT2D eigenvalue weighted by Gasteiger charge is -2.25. The molecule has 0 aliphatic carbocycles. The highest BCUT2D eigenvalue weighted by molar-refractivity contribution is 6.29. The second-order valence-corrected chi connectivity index (χ2v) is 5.79. The molecule has 0 saturated carbocycles. The lowest BCUT2D eigenvalue weighted by Crippen LogP contribution is -2.27. The molecule has 1 unspecified atom stereocenters. The Hall–Kier alpha value is -1.65. The molecule has 0 fully saturated rings. The van der Waals surface area contributed by atoms with Gasteiger partial charge in [-0.2, -0.15) is 0 Å². The van der Waals surface area contributed by atoms with Gasteiger partial charge in [0.05, 0.1) is 6.61 Å². The first-order valence-electron chi connectivity index (χ1n) is 7.38. The highest BCUT2D eigenvalue weighted by Gasteiger charge is 2.25. The van der Waals surface area contributed by atoms with Crippen LogP contribution < -0.4 is 4.74 Å². The van der Waals surface area contributed by atoms with Gasteiger partial charge in [-0.25, -0.2) is 9.37 Å². The van der Waals surface area contributed by atoms with Crippen molar-refractivity contribution in [3.05, 3.63) is 46.4 Å². The maximum atomic E-state index is 14.4. The molecular formula is C17H17ClFNO2. The average molecular weight is 322 g/mol. The summed E-state index contributed by atoms with van der Waals surface area (Å²) in [5, 5.41) is 9.48. The van der Waals surface area contributed by atoms with Gasteiger partial charge >= 0.3 is 0 Å². The van der Waals surface area contributed by atoms with Gasteiger partial charge in [-0.1, -0.05) is 30.7 Å². The molecular weight excluding hydrogens is 305 g/mol. The van der Waals surface area contributed by atoms with E-state index in [1.807, 2.05) is 13.0 Å². The highest BCUT2D eigenvalue weighted by atomic mass is 35.5. The summed E-state index contributed by atoms with van der Waals surface area (Å²) in [7, 11) is 0. The van der Waals surface area contributed by atoms with E-state index in [1.165, 1.54) is 0 Å². The molecule has 2 aromatic rings. The second kappa shape index (κ2) is 6.23. The fourth-order valence-electron chi connectivity index (χ4n) is 2.75. The van der Waals surface area contributed by atoms with E-state index in [0.717, 1.165) is 17.5 Å². The number of ether oxygens (including phenoxy) is 1. The Kier molecular flexibility index (Phi) is 4.32. The largest absolute Gasteiger partial charge is 0.472 e. The van der Waals surface area contributed by atoms with Crippen LogP contribution in [-0.4, -0.2) is 22.8 Å². The maximum absolute atomic E-state index is 14.4. The Morgan fingerprint density at radius 3 is 2.86 bits per heavy atom. The number of hydrogen-bond donors (Lipinski definition) is 1. The van der Waals surface area contributed by atoms with Crippen molar-refractivity contribution in [3.63, 3.8) is 0 Å². The Balaban J connectivity index is 2.10. The van der Waals surface area contributed by atoms with Crippen LogP contribution in [-0.2, 0) is 12.8 Å². The molecule has 5 heteroatoms. The van der Waals surface area contributed by atoms with Crippen molar-refractivity contribution in [2.45, 2.75) is 32.3 Å². The van der Waals surface area contributed by atoms with Crippen molar-refractivity contribution in [1.29, 1.82) is 0 Å². The average Bonchev–Trinajstić information content (AvgIpc) is 2.53. The predicted molar refractivity (Wildman–Crippen MR) is 83.8 cm³/mol. The minimum atomic E-state index is -0.279. The first-order valence-corrected chi connectivity index (χ1v) is 7.76. The van der Waals surface area contributed by atoms with Gasteiger partial charge in [0.25, 0.3) is 0 Å². The van der Waals surface area contributed by atoms with Crippen molar-refractivity contribution < 1.29 is 14.2 Å². The zero-order valence-electron chi connectivity index (χ0n) is 12.3.